The van der Waals surface area contributed by atoms with Crippen LogP contribution < -0.4 is 19.4 Å². The molecule has 1 saturated heterocycles. The second kappa shape index (κ2) is 7.50. The van der Waals surface area contributed by atoms with Crippen LogP contribution in [0.3, 0.4) is 0 Å². The first-order valence-electron chi connectivity index (χ1n) is 8.42. The minimum absolute atomic E-state index is 0.361. The zero-order valence-corrected chi connectivity index (χ0v) is 15.3. The highest BCUT2D eigenvalue weighted by Crippen LogP contribution is 2.24. The molecule has 2 aromatic rings. The molecule has 1 aliphatic heterocycles. The Bertz CT molecular complexity index is 709. The Hall–Kier alpha value is -2.64. The van der Waals surface area contributed by atoms with E-state index >= 15 is 0 Å². The first-order chi connectivity index (χ1) is 12.1. The molecule has 1 aliphatic rings. The van der Waals surface area contributed by atoms with Gasteiger partial charge in [-0.15, -0.1) is 0 Å². The standard InChI is InChI=1S/C17H25N7O/c1-22(2)17-18-8-7-14(21-17)23(3)13-6-5-9-24(11-13)15-10-16(25-4)20-12-19-15/h7-8,10,12-13H,5-6,9,11H2,1-4H3. The molecule has 0 saturated carbocycles. The molecule has 0 amide bonds. The summed E-state index contributed by atoms with van der Waals surface area (Å²) in [6, 6.07) is 4.20. The van der Waals surface area contributed by atoms with Gasteiger partial charge in [-0.3, -0.25) is 0 Å². The number of methoxy groups -OCH3 is 1. The van der Waals surface area contributed by atoms with E-state index in [-0.39, 0.29) is 0 Å². The Labute approximate surface area is 148 Å². The van der Waals surface area contributed by atoms with Crippen molar-refractivity contribution in [3.05, 3.63) is 24.7 Å². The average molecular weight is 343 g/mol. The van der Waals surface area contributed by atoms with Crippen molar-refractivity contribution in [3.63, 3.8) is 0 Å². The molecule has 1 unspecified atom stereocenters. The lowest BCUT2D eigenvalue weighted by Crippen LogP contribution is -2.47. The van der Waals surface area contributed by atoms with Crippen molar-refractivity contribution in [3.8, 4) is 5.88 Å². The monoisotopic (exact) mass is 343 g/mol. The third-order valence-corrected chi connectivity index (χ3v) is 4.49. The van der Waals surface area contributed by atoms with Gasteiger partial charge >= 0.3 is 0 Å². The summed E-state index contributed by atoms with van der Waals surface area (Å²) in [6.07, 6.45) is 5.59. The zero-order valence-electron chi connectivity index (χ0n) is 15.3. The SMILES string of the molecule is COc1cc(N2CCCC(N(C)c3ccnc(N(C)C)n3)C2)ncn1. The number of nitrogens with zero attached hydrogens (tertiary/aromatic N) is 7. The zero-order chi connectivity index (χ0) is 17.8. The number of hydrogen-bond acceptors (Lipinski definition) is 8. The molecule has 8 heteroatoms. The summed E-state index contributed by atoms with van der Waals surface area (Å²) < 4.78 is 5.22. The maximum atomic E-state index is 5.22. The number of aromatic nitrogens is 4. The molecule has 0 bridgehead atoms. The van der Waals surface area contributed by atoms with Crippen molar-refractivity contribution in [2.75, 3.05) is 56.0 Å². The van der Waals surface area contributed by atoms with Gasteiger partial charge in [0.1, 0.15) is 18.0 Å². The third-order valence-electron chi connectivity index (χ3n) is 4.49. The minimum Gasteiger partial charge on any atom is -0.481 e. The van der Waals surface area contributed by atoms with Crippen molar-refractivity contribution in [1.29, 1.82) is 0 Å². The normalized spacial score (nSPS) is 17.3. The predicted octanol–water partition coefficient (Wildman–Crippen LogP) is 1.45. The molecule has 134 valence electrons. The molecule has 0 aliphatic carbocycles. The summed E-state index contributed by atoms with van der Waals surface area (Å²) in [5.74, 6) is 3.15. The van der Waals surface area contributed by atoms with Gasteiger partial charge in [-0.2, -0.15) is 4.98 Å². The van der Waals surface area contributed by atoms with Crippen LogP contribution in [0, 0.1) is 0 Å². The molecule has 0 spiro atoms. The summed E-state index contributed by atoms with van der Waals surface area (Å²) >= 11 is 0. The Morgan fingerprint density at radius 1 is 1.20 bits per heavy atom. The molecular weight excluding hydrogens is 318 g/mol. The van der Waals surface area contributed by atoms with Crippen molar-refractivity contribution in [1.82, 2.24) is 19.9 Å². The van der Waals surface area contributed by atoms with E-state index in [9.17, 15) is 0 Å². The number of ether oxygens (including phenoxy) is 1. The molecule has 8 nitrogen and oxygen atoms in total. The van der Waals surface area contributed by atoms with E-state index in [1.165, 1.54) is 0 Å². The topological polar surface area (TPSA) is 70.5 Å². The van der Waals surface area contributed by atoms with Crippen LogP contribution in [0.2, 0.25) is 0 Å². The highest BCUT2D eigenvalue weighted by Gasteiger charge is 2.25. The van der Waals surface area contributed by atoms with Gasteiger partial charge in [0, 0.05) is 52.5 Å². The molecule has 25 heavy (non-hydrogen) atoms. The van der Waals surface area contributed by atoms with Gasteiger partial charge < -0.3 is 19.4 Å². The highest BCUT2D eigenvalue weighted by molar-refractivity contribution is 5.46. The van der Waals surface area contributed by atoms with E-state index in [1.54, 1.807) is 13.4 Å². The quantitative estimate of drug-likeness (QED) is 0.808. The van der Waals surface area contributed by atoms with Crippen molar-refractivity contribution in [2.45, 2.75) is 18.9 Å². The fourth-order valence-electron chi connectivity index (χ4n) is 3.03. The fourth-order valence-corrected chi connectivity index (χ4v) is 3.03. The van der Waals surface area contributed by atoms with E-state index < -0.39 is 0 Å². The Balaban J connectivity index is 1.75. The highest BCUT2D eigenvalue weighted by atomic mass is 16.5. The van der Waals surface area contributed by atoms with Gasteiger partial charge in [-0.25, -0.2) is 15.0 Å². The number of likely N-dealkylation sites (N-methyl/N-ethyl adjacent to an activating group) is 1. The lowest BCUT2D eigenvalue weighted by molar-refractivity contribution is 0.396. The van der Waals surface area contributed by atoms with Gasteiger partial charge in [-0.05, 0) is 18.9 Å². The minimum atomic E-state index is 0.361. The van der Waals surface area contributed by atoms with E-state index in [1.807, 2.05) is 37.3 Å². The number of piperidine rings is 1. The molecule has 0 radical (unpaired) electrons. The molecule has 3 rings (SSSR count). The maximum absolute atomic E-state index is 5.22. The predicted molar refractivity (Wildman–Crippen MR) is 98.6 cm³/mol. The molecule has 0 N–H and O–H groups in total. The smallest absolute Gasteiger partial charge is 0.226 e. The van der Waals surface area contributed by atoms with Gasteiger partial charge in [0.05, 0.1) is 7.11 Å². The first-order valence-corrected chi connectivity index (χ1v) is 8.42. The summed E-state index contributed by atoms with van der Waals surface area (Å²) in [5, 5.41) is 0. The third kappa shape index (κ3) is 3.89. The molecular formula is C17H25N7O. The second-order valence-electron chi connectivity index (χ2n) is 6.38. The van der Waals surface area contributed by atoms with Crippen LogP contribution in [-0.4, -0.2) is 67.3 Å². The molecule has 1 atom stereocenters. The molecule has 0 aromatic carbocycles. The van der Waals surface area contributed by atoms with Crippen LogP contribution in [0.15, 0.2) is 24.7 Å². The van der Waals surface area contributed by atoms with Gasteiger partial charge in [-0.1, -0.05) is 0 Å². The van der Waals surface area contributed by atoms with Crippen molar-refractivity contribution in [2.24, 2.45) is 0 Å². The van der Waals surface area contributed by atoms with Crippen LogP contribution in [-0.2, 0) is 0 Å². The number of anilines is 3. The van der Waals surface area contributed by atoms with Crippen molar-refractivity contribution < 1.29 is 4.74 Å². The van der Waals surface area contributed by atoms with E-state index in [0.717, 1.165) is 43.5 Å². The molecule has 2 aromatic heterocycles. The van der Waals surface area contributed by atoms with E-state index in [0.29, 0.717) is 11.9 Å². The summed E-state index contributed by atoms with van der Waals surface area (Å²) in [6.45, 7) is 1.87. The van der Waals surface area contributed by atoms with Crippen molar-refractivity contribution >= 4 is 17.6 Å². The van der Waals surface area contributed by atoms with Crippen LogP contribution in [0.5, 0.6) is 5.88 Å². The van der Waals surface area contributed by atoms with E-state index in [2.05, 4.69) is 36.8 Å². The largest absolute Gasteiger partial charge is 0.481 e. The maximum Gasteiger partial charge on any atom is 0.226 e. The Kier molecular flexibility index (Phi) is 5.16. The average Bonchev–Trinajstić information content (AvgIpc) is 2.67. The lowest BCUT2D eigenvalue weighted by Gasteiger charge is -2.38. The summed E-state index contributed by atoms with van der Waals surface area (Å²) in [5.41, 5.74) is 0. The molecule has 1 fully saturated rings. The second-order valence-corrected chi connectivity index (χ2v) is 6.38. The van der Waals surface area contributed by atoms with Crippen LogP contribution in [0.4, 0.5) is 17.6 Å². The van der Waals surface area contributed by atoms with Crippen LogP contribution in [0.25, 0.3) is 0 Å². The van der Waals surface area contributed by atoms with Gasteiger partial charge in [0.25, 0.3) is 0 Å². The van der Waals surface area contributed by atoms with E-state index in [4.69, 9.17) is 4.74 Å². The number of hydrogen-bond donors (Lipinski definition) is 0. The Morgan fingerprint density at radius 3 is 2.80 bits per heavy atom. The first kappa shape index (κ1) is 17.2. The summed E-state index contributed by atoms with van der Waals surface area (Å²) in [7, 11) is 7.61. The van der Waals surface area contributed by atoms with Crippen LogP contribution in [0.1, 0.15) is 12.8 Å². The lowest BCUT2D eigenvalue weighted by atomic mass is 10.0. The van der Waals surface area contributed by atoms with Gasteiger partial charge in [0.2, 0.25) is 11.8 Å². The Morgan fingerprint density at radius 2 is 2.04 bits per heavy atom. The molecule has 3 heterocycles. The summed E-state index contributed by atoms with van der Waals surface area (Å²) in [4.78, 5) is 23.9. The van der Waals surface area contributed by atoms with Gasteiger partial charge in [0.15, 0.2) is 0 Å². The van der Waals surface area contributed by atoms with Crippen LogP contribution >= 0.6 is 0 Å². The number of rotatable bonds is 5. The fraction of sp³-hybridized carbons (Fsp3) is 0.529.